The second-order valence-electron chi connectivity index (χ2n) is 12.7. The van der Waals surface area contributed by atoms with Crippen LogP contribution in [0.2, 0.25) is 0 Å². The van der Waals surface area contributed by atoms with Crippen LogP contribution in [0.1, 0.15) is 58.8 Å². The van der Waals surface area contributed by atoms with E-state index in [0.717, 1.165) is 49.4 Å². The first-order chi connectivity index (χ1) is 23.3. The zero-order valence-corrected chi connectivity index (χ0v) is 29.0. The Morgan fingerprint density at radius 1 is 0.959 bits per heavy atom. The Kier molecular flexibility index (Phi) is 9.41. The van der Waals surface area contributed by atoms with Crippen molar-refractivity contribution in [1.82, 2.24) is 19.3 Å². The summed E-state index contributed by atoms with van der Waals surface area (Å²) in [5, 5.41) is 2.11. The third-order valence-electron chi connectivity index (χ3n) is 8.80. The van der Waals surface area contributed by atoms with Crippen molar-refractivity contribution in [3.8, 4) is 0 Å². The van der Waals surface area contributed by atoms with E-state index in [1.165, 1.54) is 8.98 Å². The van der Waals surface area contributed by atoms with Crippen molar-refractivity contribution in [2.45, 2.75) is 64.6 Å². The molecule has 3 heterocycles. The molecule has 1 saturated heterocycles. The van der Waals surface area contributed by atoms with Gasteiger partial charge in [0, 0.05) is 23.7 Å². The van der Waals surface area contributed by atoms with Crippen LogP contribution < -0.4 is 16.2 Å². The van der Waals surface area contributed by atoms with Gasteiger partial charge < -0.3 is 10.5 Å². The smallest absolute Gasteiger partial charge is 0.347 e. The van der Waals surface area contributed by atoms with Crippen LogP contribution in [0.5, 0.6) is 0 Å². The molecule has 0 radical (unpaired) electrons. The summed E-state index contributed by atoms with van der Waals surface area (Å²) in [6.45, 7) is 9.89. The predicted octanol–water partition coefficient (Wildman–Crippen LogP) is 5.65. The number of benzene rings is 3. The number of aryl methyl sites for hydroxylation is 3. The molecular formula is C37H40N6O5S. The summed E-state index contributed by atoms with van der Waals surface area (Å²) in [4.78, 5) is 32.2. The number of nitrogens with zero attached hydrogens (tertiary/aromatic N) is 4. The van der Waals surface area contributed by atoms with Crippen molar-refractivity contribution in [2.75, 3.05) is 11.7 Å². The van der Waals surface area contributed by atoms with E-state index < -0.39 is 28.1 Å². The number of hydrazine groups is 1. The number of carbonyl (C=O) groups is 2. The highest BCUT2D eigenvalue weighted by Crippen LogP contribution is 2.32. The van der Waals surface area contributed by atoms with E-state index in [1.54, 1.807) is 36.7 Å². The first-order valence-electron chi connectivity index (χ1n) is 16.1. The van der Waals surface area contributed by atoms with Crippen LogP contribution in [0, 0.1) is 20.8 Å². The van der Waals surface area contributed by atoms with Gasteiger partial charge in [-0.25, -0.2) is 27.1 Å². The molecule has 11 nitrogen and oxygen atoms in total. The number of hydrogen-bond donors (Lipinski definition) is 2. The highest BCUT2D eigenvalue weighted by molar-refractivity contribution is 7.90. The summed E-state index contributed by atoms with van der Waals surface area (Å²) in [7, 11) is -3.83. The summed E-state index contributed by atoms with van der Waals surface area (Å²) in [6, 6.07) is 21.4. The average Bonchev–Trinajstić information content (AvgIpc) is 3.47. The van der Waals surface area contributed by atoms with Crippen molar-refractivity contribution >= 4 is 38.6 Å². The lowest BCUT2D eigenvalue weighted by molar-refractivity contribution is -0.136. The lowest BCUT2D eigenvalue weighted by Crippen LogP contribution is -2.69. The predicted molar refractivity (Wildman–Crippen MR) is 188 cm³/mol. The van der Waals surface area contributed by atoms with Crippen molar-refractivity contribution in [2.24, 2.45) is 5.73 Å². The average molecular weight is 681 g/mol. The number of pyridine rings is 1. The fourth-order valence-corrected chi connectivity index (χ4v) is 7.43. The molecule has 0 bridgehead atoms. The maximum atomic E-state index is 13.7. The summed E-state index contributed by atoms with van der Waals surface area (Å²) < 4.78 is 34.4. The fraction of sp³-hybridized carbons (Fsp3) is 0.270. The van der Waals surface area contributed by atoms with E-state index in [2.05, 4.69) is 5.43 Å². The zero-order chi connectivity index (χ0) is 35.0. The molecule has 0 spiro atoms. The van der Waals surface area contributed by atoms with Gasteiger partial charge in [-0.05, 0) is 84.8 Å². The summed E-state index contributed by atoms with van der Waals surface area (Å²) >= 11 is 0. The molecule has 1 aliphatic rings. The lowest BCUT2D eigenvalue weighted by atomic mass is 9.96. The van der Waals surface area contributed by atoms with Crippen molar-refractivity contribution in [3.05, 3.63) is 124 Å². The monoisotopic (exact) mass is 680 g/mol. The van der Waals surface area contributed by atoms with Gasteiger partial charge in [0.1, 0.15) is 6.73 Å². The number of urea groups is 1. The maximum Gasteiger partial charge on any atom is 0.347 e. The number of nitrogens with two attached hydrogens (primary N) is 1. The van der Waals surface area contributed by atoms with E-state index in [0.29, 0.717) is 17.6 Å². The molecule has 1 unspecified atom stereocenters. The molecule has 3 aromatic carbocycles. The Morgan fingerprint density at radius 3 is 2.29 bits per heavy atom. The fourth-order valence-electron chi connectivity index (χ4n) is 6.07. The quantitative estimate of drug-likeness (QED) is 0.193. The molecule has 254 valence electrons. The van der Waals surface area contributed by atoms with E-state index in [1.807, 2.05) is 83.1 Å². The number of aromatic nitrogens is 2. The number of carbonyl (C=O) groups excluding carboxylic acids is 2. The molecule has 1 fully saturated rings. The van der Waals surface area contributed by atoms with E-state index in [4.69, 9.17) is 15.5 Å². The van der Waals surface area contributed by atoms with Crippen molar-refractivity contribution in [3.63, 3.8) is 0 Å². The first kappa shape index (κ1) is 34.0. The Labute approximate surface area is 286 Å². The number of rotatable bonds is 10. The minimum absolute atomic E-state index is 0.0751. The van der Waals surface area contributed by atoms with E-state index >= 15 is 0 Å². The topological polar surface area (TPSA) is 140 Å². The van der Waals surface area contributed by atoms with Crippen LogP contribution in [-0.4, -0.2) is 47.1 Å². The Balaban J connectivity index is 1.25. The van der Waals surface area contributed by atoms with Crippen LogP contribution in [0.15, 0.2) is 90.1 Å². The largest absolute Gasteiger partial charge is 0.356 e. The van der Waals surface area contributed by atoms with Crippen LogP contribution in [0.3, 0.4) is 0 Å². The van der Waals surface area contributed by atoms with E-state index in [9.17, 15) is 18.0 Å². The maximum absolute atomic E-state index is 13.7. The SMILES string of the molecule is Cc1ccc(S(=O)(=O)n2cc(C(C)C)c3cc(Cc4c(C)cc(N5NC(N)C(=O)N(COCc6ccccc6)C5=O)cc4C)ncc32)cc1. The number of hydrogen-bond acceptors (Lipinski definition) is 8. The molecule has 0 aliphatic carbocycles. The number of nitrogens with one attached hydrogen (secondary N) is 1. The van der Waals surface area contributed by atoms with Gasteiger partial charge in [0.05, 0.1) is 28.9 Å². The molecule has 3 amide bonds. The zero-order valence-electron chi connectivity index (χ0n) is 28.2. The molecule has 5 aromatic rings. The number of imide groups is 1. The summed E-state index contributed by atoms with van der Waals surface area (Å²) in [6.07, 6.45) is 2.69. The van der Waals surface area contributed by atoms with Gasteiger partial charge in [0.25, 0.3) is 15.9 Å². The molecule has 0 saturated carbocycles. The molecule has 49 heavy (non-hydrogen) atoms. The summed E-state index contributed by atoms with van der Waals surface area (Å²) in [5.41, 5.74) is 16.4. The number of anilines is 1. The minimum Gasteiger partial charge on any atom is -0.356 e. The standard InChI is InChI=1S/C37H40N6O5S/c1-23(2)33-20-42(49(46,47)30-13-11-24(3)12-14-30)34-19-39-28(18-32(33)34)17-31-25(4)15-29(16-26(31)5)43-37(45)41(36(44)35(38)40-43)22-48-21-27-9-7-6-8-10-27/h6-16,18-20,23,35,40H,17,21-22,38H2,1-5H3. The second kappa shape index (κ2) is 13.6. The third kappa shape index (κ3) is 6.73. The Morgan fingerprint density at radius 2 is 1.63 bits per heavy atom. The van der Waals surface area contributed by atoms with Gasteiger partial charge in [0.15, 0.2) is 6.17 Å². The highest BCUT2D eigenvalue weighted by Gasteiger charge is 2.38. The third-order valence-corrected chi connectivity index (χ3v) is 10.5. The lowest BCUT2D eigenvalue weighted by Gasteiger charge is -2.37. The van der Waals surface area contributed by atoms with Gasteiger partial charge in [-0.1, -0.05) is 61.9 Å². The molecule has 1 atom stereocenters. The molecular weight excluding hydrogens is 641 g/mol. The van der Waals surface area contributed by atoms with Crippen molar-refractivity contribution < 1.29 is 22.7 Å². The van der Waals surface area contributed by atoms with Crippen LogP contribution in [0.25, 0.3) is 10.9 Å². The Hall–Kier alpha value is -4.88. The van der Waals surface area contributed by atoms with E-state index in [-0.39, 0.29) is 24.2 Å². The number of fused-ring (bicyclic) bond motifs is 1. The Bertz CT molecular complexity index is 2120. The number of ether oxygens (including phenoxy) is 1. The molecule has 6 rings (SSSR count). The van der Waals surface area contributed by atoms with Crippen LogP contribution in [0.4, 0.5) is 10.5 Å². The van der Waals surface area contributed by atoms with Gasteiger partial charge in [-0.3, -0.25) is 9.78 Å². The minimum atomic E-state index is -3.83. The molecule has 12 heteroatoms. The van der Waals surface area contributed by atoms with Gasteiger partial charge in [-0.2, -0.15) is 5.43 Å². The van der Waals surface area contributed by atoms with Gasteiger partial charge in [-0.15, -0.1) is 0 Å². The molecule has 3 N–H and O–H groups in total. The summed E-state index contributed by atoms with van der Waals surface area (Å²) in [5.74, 6) is -0.506. The van der Waals surface area contributed by atoms with Crippen molar-refractivity contribution in [1.29, 1.82) is 0 Å². The van der Waals surface area contributed by atoms with Crippen LogP contribution in [-0.2, 0) is 32.6 Å². The van der Waals surface area contributed by atoms with Gasteiger partial charge >= 0.3 is 6.03 Å². The molecule has 2 aromatic heterocycles. The first-order valence-corrected chi connectivity index (χ1v) is 17.5. The normalized spacial score (nSPS) is 15.5. The van der Waals surface area contributed by atoms with Crippen LogP contribution >= 0.6 is 0 Å². The number of amides is 3. The molecule has 1 aliphatic heterocycles. The van der Waals surface area contributed by atoms with Gasteiger partial charge in [0.2, 0.25) is 0 Å². The highest BCUT2D eigenvalue weighted by atomic mass is 32.2. The second-order valence-corrected chi connectivity index (χ2v) is 14.5.